The number of hydrogen-bond donors (Lipinski definition) is 1. The number of benzene rings is 1. The zero-order chi connectivity index (χ0) is 15.0. The van der Waals surface area contributed by atoms with Crippen molar-refractivity contribution < 1.29 is 17.9 Å². The summed E-state index contributed by atoms with van der Waals surface area (Å²) >= 11 is 0. The Morgan fingerprint density at radius 3 is 2.52 bits per heavy atom. The van der Waals surface area contributed by atoms with E-state index >= 15 is 0 Å². The summed E-state index contributed by atoms with van der Waals surface area (Å²) < 4.78 is 41.4. The van der Waals surface area contributed by atoms with Crippen molar-refractivity contribution in [3.63, 3.8) is 0 Å². The van der Waals surface area contributed by atoms with Gasteiger partial charge in [0.1, 0.15) is 5.75 Å². The number of nitrogens with zero attached hydrogens (tertiary/aromatic N) is 2. The Morgan fingerprint density at radius 2 is 1.86 bits per heavy atom. The van der Waals surface area contributed by atoms with Gasteiger partial charge in [0, 0.05) is 6.20 Å². The van der Waals surface area contributed by atoms with Gasteiger partial charge in [-0.25, -0.2) is 4.79 Å². The molecule has 0 fully saturated rings. The van der Waals surface area contributed by atoms with Gasteiger partial charge in [-0.15, -0.1) is 13.2 Å². The fraction of sp³-hybridized carbons (Fsp3) is 0.0769. The molecule has 0 aliphatic carbocycles. The Bertz CT molecular complexity index is 834. The molecular formula is C13H8F3N3O2. The minimum Gasteiger partial charge on any atom is -0.406 e. The molecule has 2 aromatic heterocycles. The lowest BCUT2D eigenvalue weighted by molar-refractivity contribution is -0.274. The van der Waals surface area contributed by atoms with Crippen molar-refractivity contribution in [2.75, 3.05) is 0 Å². The number of pyridine rings is 1. The van der Waals surface area contributed by atoms with E-state index in [-0.39, 0.29) is 5.75 Å². The maximum absolute atomic E-state index is 12.1. The SMILES string of the molecule is O=c1[nH]c2cnccc2n1-c1ccc(OC(F)(F)F)cc1. The summed E-state index contributed by atoms with van der Waals surface area (Å²) in [6.45, 7) is 0. The number of imidazole rings is 1. The number of halogens is 3. The van der Waals surface area contributed by atoms with Crippen LogP contribution < -0.4 is 10.4 Å². The monoisotopic (exact) mass is 295 g/mol. The van der Waals surface area contributed by atoms with Crippen LogP contribution in [0, 0.1) is 0 Å². The van der Waals surface area contributed by atoms with E-state index in [1.54, 1.807) is 6.07 Å². The van der Waals surface area contributed by atoms with Crippen molar-refractivity contribution >= 4 is 11.0 Å². The van der Waals surface area contributed by atoms with Crippen molar-refractivity contribution in [1.82, 2.24) is 14.5 Å². The first-order valence-electron chi connectivity index (χ1n) is 5.85. The molecule has 21 heavy (non-hydrogen) atoms. The summed E-state index contributed by atoms with van der Waals surface area (Å²) in [4.78, 5) is 18.4. The van der Waals surface area contributed by atoms with E-state index in [0.29, 0.717) is 16.7 Å². The maximum atomic E-state index is 12.1. The van der Waals surface area contributed by atoms with Crippen LogP contribution in [0.15, 0.2) is 47.5 Å². The number of nitrogens with one attached hydrogen (secondary N) is 1. The summed E-state index contributed by atoms with van der Waals surface area (Å²) in [7, 11) is 0. The summed E-state index contributed by atoms with van der Waals surface area (Å²) in [6, 6.07) is 6.67. The number of alkyl halides is 3. The fourth-order valence-corrected chi connectivity index (χ4v) is 2.01. The van der Waals surface area contributed by atoms with Crippen LogP contribution in [0.1, 0.15) is 0 Å². The first kappa shape index (κ1) is 13.2. The first-order chi connectivity index (χ1) is 9.94. The zero-order valence-corrected chi connectivity index (χ0v) is 10.4. The van der Waals surface area contributed by atoms with Crippen molar-refractivity contribution in [3.8, 4) is 11.4 Å². The second-order valence-corrected chi connectivity index (χ2v) is 4.20. The van der Waals surface area contributed by atoms with E-state index < -0.39 is 12.1 Å². The molecule has 0 spiro atoms. The highest BCUT2D eigenvalue weighted by atomic mass is 19.4. The number of H-pyrrole nitrogens is 1. The molecule has 3 rings (SSSR count). The van der Waals surface area contributed by atoms with Gasteiger partial charge in [0.2, 0.25) is 0 Å². The Labute approximate surface area is 115 Å². The van der Waals surface area contributed by atoms with E-state index in [4.69, 9.17) is 0 Å². The van der Waals surface area contributed by atoms with Crippen LogP contribution in [0.5, 0.6) is 5.75 Å². The molecule has 0 bridgehead atoms. The number of hydrogen-bond acceptors (Lipinski definition) is 3. The van der Waals surface area contributed by atoms with Gasteiger partial charge in [-0.05, 0) is 30.3 Å². The van der Waals surface area contributed by atoms with E-state index in [1.165, 1.54) is 29.1 Å². The van der Waals surface area contributed by atoms with Crippen LogP contribution in [-0.2, 0) is 0 Å². The normalized spacial score (nSPS) is 11.8. The lowest BCUT2D eigenvalue weighted by atomic mass is 10.3. The third kappa shape index (κ3) is 2.60. The quantitative estimate of drug-likeness (QED) is 0.790. The van der Waals surface area contributed by atoms with Crippen molar-refractivity contribution in [3.05, 3.63) is 53.2 Å². The van der Waals surface area contributed by atoms with E-state index in [2.05, 4.69) is 14.7 Å². The number of ether oxygens (including phenoxy) is 1. The topological polar surface area (TPSA) is 59.9 Å². The second-order valence-electron chi connectivity index (χ2n) is 4.20. The highest BCUT2D eigenvalue weighted by molar-refractivity contribution is 5.76. The van der Waals surface area contributed by atoms with E-state index in [0.717, 1.165) is 12.1 Å². The molecule has 1 aromatic carbocycles. The van der Waals surface area contributed by atoms with Crippen LogP contribution in [0.3, 0.4) is 0 Å². The fourth-order valence-electron chi connectivity index (χ4n) is 2.01. The Hall–Kier alpha value is -2.77. The van der Waals surface area contributed by atoms with E-state index in [1.807, 2.05) is 0 Å². The molecule has 0 unspecified atom stereocenters. The van der Waals surface area contributed by atoms with Gasteiger partial charge in [-0.1, -0.05) is 0 Å². The summed E-state index contributed by atoms with van der Waals surface area (Å²) in [5.41, 5.74) is 1.15. The number of aromatic nitrogens is 3. The van der Waals surface area contributed by atoms with Crippen LogP contribution in [-0.4, -0.2) is 20.9 Å². The molecule has 0 aliphatic heterocycles. The van der Waals surface area contributed by atoms with Gasteiger partial charge < -0.3 is 9.72 Å². The predicted molar refractivity (Wildman–Crippen MR) is 68.4 cm³/mol. The van der Waals surface area contributed by atoms with Crippen molar-refractivity contribution in [2.45, 2.75) is 6.36 Å². The average Bonchev–Trinajstić information content (AvgIpc) is 2.74. The van der Waals surface area contributed by atoms with Gasteiger partial charge in [-0.3, -0.25) is 9.55 Å². The predicted octanol–water partition coefficient (Wildman–Crippen LogP) is 2.61. The highest BCUT2D eigenvalue weighted by Crippen LogP contribution is 2.24. The molecule has 3 aromatic rings. The molecule has 0 atom stereocenters. The second kappa shape index (κ2) is 4.65. The lowest BCUT2D eigenvalue weighted by Crippen LogP contribution is -2.17. The standard InChI is InChI=1S/C13H8F3N3O2/c14-13(15,16)21-9-3-1-8(2-4-9)19-11-5-6-17-7-10(11)18-12(19)20/h1-7H,(H,18,20). The molecule has 0 amide bonds. The summed E-state index contributed by atoms with van der Waals surface area (Å²) in [5.74, 6) is -0.346. The average molecular weight is 295 g/mol. The molecule has 5 nitrogen and oxygen atoms in total. The van der Waals surface area contributed by atoms with Crippen LogP contribution in [0.2, 0.25) is 0 Å². The minimum absolute atomic E-state index is 0.346. The molecular weight excluding hydrogens is 287 g/mol. The summed E-state index contributed by atoms with van der Waals surface area (Å²) in [6.07, 6.45) is -1.73. The Morgan fingerprint density at radius 1 is 1.14 bits per heavy atom. The largest absolute Gasteiger partial charge is 0.573 e. The van der Waals surface area contributed by atoms with Crippen LogP contribution in [0.4, 0.5) is 13.2 Å². The lowest BCUT2D eigenvalue weighted by Gasteiger charge is -2.09. The number of aromatic amines is 1. The van der Waals surface area contributed by atoms with E-state index in [9.17, 15) is 18.0 Å². The maximum Gasteiger partial charge on any atom is 0.573 e. The van der Waals surface area contributed by atoms with Gasteiger partial charge in [0.25, 0.3) is 0 Å². The van der Waals surface area contributed by atoms with Gasteiger partial charge in [-0.2, -0.15) is 0 Å². The molecule has 0 saturated heterocycles. The first-order valence-corrected chi connectivity index (χ1v) is 5.85. The van der Waals surface area contributed by atoms with Crippen LogP contribution in [0.25, 0.3) is 16.7 Å². The summed E-state index contributed by atoms with van der Waals surface area (Å²) in [5, 5.41) is 0. The molecule has 0 aliphatic rings. The third-order valence-electron chi connectivity index (χ3n) is 2.81. The zero-order valence-electron chi connectivity index (χ0n) is 10.4. The highest BCUT2D eigenvalue weighted by Gasteiger charge is 2.31. The molecule has 108 valence electrons. The third-order valence-corrected chi connectivity index (χ3v) is 2.81. The van der Waals surface area contributed by atoms with Crippen LogP contribution >= 0.6 is 0 Å². The Balaban J connectivity index is 2.04. The Kier molecular flexibility index (Phi) is 2.93. The molecule has 1 N–H and O–H groups in total. The number of rotatable bonds is 2. The smallest absolute Gasteiger partial charge is 0.406 e. The molecule has 2 heterocycles. The van der Waals surface area contributed by atoms with Gasteiger partial charge in [0.05, 0.1) is 22.9 Å². The minimum atomic E-state index is -4.75. The number of fused-ring (bicyclic) bond motifs is 1. The van der Waals surface area contributed by atoms with Gasteiger partial charge in [0.15, 0.2) is 0 Å². The van der Waals surface area contributed by atoms with Gasteiger partial charge >= 0.3 is 12.1 Å². The van der Waals surface area contributed by atoms with Crippen molar-refractivity contribution in [1.29, 1.82) is 0 Å². The molecule has 0 radical (unpaired) electrons. The molecule has 8 heteroatoms. The van der Waals surface area contributed by atoms with Crippen molar-refractivity contribution in [2.24, 2.45) is 0 Å². The molecule has 0 saturated carbocycles.